The Balaban J connectivity index is 1.42. The first-order chi connectivity index (χ1) is 17.7. The van der Waals surface area contributed by atoms with Crippen molar-refractivity contribution in [2.24, 2.45) is 0 Å². The van der Waals surface area contributed by atoms with Gasteiger partial charge < -0.3 is 9.64 Å². The molecule has 0 aliphatic carbocycles. The maximum atomic E-state index is 13.1. The van der Waals surface area contributed by atoms with Gasteiger partial charge in [0.25, 0.3) is 5.91 Å². The van der Waals surface area contributed by atoms with Gasteiger partial charge in [-0.25, -0.2) is 0 Å². The van der Waals surface area contributed by atoms with Gasteiger partial charge in [-0.3, -0.25) is 9.69 Å². The maximum Gasteiger partial charge on any atom is 0.416 e. The number of carbonyl (C=O) groups excluding carboxylic acids is 1. The van der Waals surface area contributed by atoms with E-state index in [1.54, 1.807) is 4.90 Å². The predicted octanol–water partition coefficient (Wildman–Crippen LogP) is 6.45. The highest BCUT2D eigenvalue weighted by atomic mass is 19.4. The minimum absolute atomic E-state index is 0.209. The maximum absolute atomic E-state index is 13.1. The normalized spacial score (nSPS) is 20.3. The largest absolute Gasteiger partial charge is 0.493 e. The third-order valence-corrected chi connectivity index (χ3v) is 7.77. The molecule has 0 radical (unpaired) electrons. The van der Waals surface area contributed by atoms with E-state index in [0.717, 1.165) is 62.1 Å². The number of hydrogen-bond donors (Lipinski definition) is 0. The number of fused-ring (bicyclic) bond motifs is 1. The van der Waals surface area contributed by atoms with Crippen LogP contribution in [-0.4, -0.2) is 48.0 Å². The Morgan fingerprint density at radius 2 is 1.81 bits per heavy atom. The molecule has 8 heteroatoms. The SMILES string of the molecule is Cc1c(OCCCCC#N)ccc(C2CCCC3CN(C(=O)c4ccc(C(F)(F)F)cc4)CCN32)c1C. The first kappa shape index (κ1) is 27.0. The molecule has 2 saturated heterocycles. The van der Waals surface area contributed by atoms with Gasteiger partial charge in [-0.2, -0.15) is 18.4 Å². The third kappa shape index (κ3) is 6.10. The summed E-state index contributed by atoms with van der Waals surface area (Å²) < 4.78 is 44.7. The van der Waals surface area contributed by atoms with E-state index in [1.807, 2.05) is 0 Å². The molecule has 2 aromatic rings. The molecule has 2 atom stereocenters. The number of piperazine rings is 1. The van der Waals surface area contributed by atoms with E-state index in [9.17, 15) is 18.0 Å². The first-order valence-corrected chi connectivity index (χ1v) is 13.0. The number of piperidine rings is 1. The zero-order valence-electron chi connectivity index (χ0n) is 21.5. The zero-order valence-corrected chi connectivity index (χ0v) is 21.5. The smallest absolute Gasteiger partial charge is 0.416 e. The topological polar surface area (TPSA) is 56.6 Å². The molecule has 2 aliphatic heterocycles. The summed E-state index contributed by atoms with van der Waals surface area (Å²) >= 11 is 0. The summed E-state index contributed by atoms with van der Waals surface area (Å²) in [7, 11) is 0. The van der Waals surface area contributed by atoms with Crippen LogP contribution in [0.3, 0.4) is 0 Å². The molecule has 0 N–H and O–H groups in total. The van der Waals surface area contributed by atoms with E-state index in [-0.39, 0.29) is 18.0 Å². The number of amides is 1. The number of ether oxygens (including phenoxy) is 1. The average Bonchev–Trinajstić information content (AvgIpc) is 2.89. The predicted molar refractivity (Wildman–Crippen MR) is 135 cm³/mol. The second-order valence-corrected chi connectivity index (χ2v) is 10.0. The van der Waals surface area contributed by atoms with Crippen LogP contribution in [0, 0.1) is 25.2 Å². The third-order valence-electron chi connectivity index (χ3n) is 7.77. The Labute approximate surface area is 216 Å². The number of unbranched alkanes of at least 4 members (excludes halogenated alkanes) is 2. The van der Waals surface area contributed by atoms with Gasteiger partial charge in [0.2, 0.25) is 0 Å². The van der Waals surface area contributed by atoms with E-state index >= 15 is 0 Å². The Morgan fingerprint density at radius 1 is 1.05 bits per heavy atom. The van der Waals surface area contributed by atoms with Gasteiger partial charge in [0.1, 0.15) is 5.75 Å². The Kier molecular flexibility index (Phi) is 8.43. The van der Waals surface area contributed by atoms with Crippen LogP contribution in [0.5, 0.6) is 5.75 Å². The highest BCUT2D eigenvalue weighted by Gasteiger charge is 2.38. The van der Waals surface area contributed by atoms with Crippen molar-refractivity contribution in [3.63, 3.8) is 0 Å². The lowest BCUT2D eigenvalue weighted by Crippen LogP contribution is -2.57. The number of rotatable bonds is 7. The van der Waals surface area contributed by atoms with E-state index in [4.69, 9.17) is 10.00 Å². The first-order valence-electron chi connectivity index (χ1n) is 13.0. The molecule has 0 saturated carbocycles. The van der Waals surface area contributed by atoms with Crippen molar-refractivity contribution in [3.8, 4) is 11.8 Å². The van der Waals surface area contributed by atoms with Gasteiger partial charge in [0.05, 0.1) is 18.2 Å². The number of nitrogens with zero attached hydrogens (tertiary/aromatic N) is 3. The van der Waals surface area contributed by atoms with Crippen LogP contribution < -0.4 is 4.74 Å². The average molecular weight is 514 g/mol. The number of alkyl halides is 3. The van der Waals surface area contributed by atoms with Crippen molar-refractivity contribution in [2.75, 3.05) is 26.2 Å². The summed E-state index contributed by atoms with van der Waals surface area (Å²) in [6.45, 7) is 6.69. The van der Waals surface area contributed by atoms with Crippen molar-refractivity contribution in [1.29, 1.82) is 5.26 Å². The van der Waals surface area contributed by atoms with Gasteiger partial charge in [0, 0.05) is 43.7 Å². The van der Waals surface area contributed by atoms with Gasteiger partial charge in [0.15, 0.2) is 0 Å². The van der Waals surface area contributed by atoms with Gasteiger partial charge in [-0.05, 0) is 93.0 Å². The summed E-state index contributed by atoms with van der Waals surface area (Å²) in [5, 5.41) is 8.68. The van der Waals surface area contributed by atoms with Crippen molar-refractivity contribution in [3.05, 3.63) is 64.2 Å². The molecule has 2 fully saturated rings. The fourth-order valence-corrected chi connectivity index (χ4v) is 5.57. The van der Waals surface area contributed by atoms with Gasteiger partial charge in [-0.15, -0.1) is 0 Å². The summed E-state index contributed by atoms with van der Waals surface area (Å²) in [6, 6.07) is 11.4. The monoisotopic (exact) mass is 513 g/mol. The highest BCUT2D eigenvalue weighted by Crippen LogP contribution is 2.40. The number of hydrogen-bond acceptors (Lipinski definition) is 4. The molecule has 5 nitrogen and oxygen atoms in total. The van der Waals surface area contributed by atoms with Crippen LogP contribution in [0.1, 0.15) is 77.2 Å². The Morgan fingerprint density at radius 3 is 2.51 bits per heavy atom. The molecule has 2 aliphatic rings. The molecule has 1 amide bonds. The molecule has 2 unspecified atom stereocenters. The zero-order chi connectivity index (χ0) is 26.6. The van der Waals surface area contributed by atoms with Crippen molar-refractivity contribution >= 4 is 5.91 Å². The number of carbonyl (C=O) groups is 1. The summed E-state index contributed by atoms with van der Waals surface area (Å²) in [4.78, 5) is 17.4. The lowest BCUT2D eigenvalue weighted by molar-refractivity contribution is -0.137. The highest BCUT2D eigenvalue weighted by molar-refractivity contribution is 5.94. The van der Waals surface area contributed by atoms with Crippen LogP contribution in [-0.2, 0) is 6.18 Å². The second kappa shape index (κ2) is 11.6. The minimum atomic E-state index is -4.41. The Hall–Kier alpha value is -3.05. The summed E-state index contributed by atoms with van der Waals surface area (Å²) in [6.07, 6.45) is 0.934. The van der Waals surface area contributed by atoms with E-state index in [2.05, 4.69) is 36.9 Å². The minimum Gasteiger partial charge on any atom is -0.493 e. The summed E-state index contributed by atoms with van der Waals surface area (Å²) in [5.41, 5.74) is 3.20. The standard InChI is InChI=1S/C29H34F3N3O2/c1-20-21(2)27(37-18-5-3-4-15-33)14-13-25(20)26-8-6-7-24-19-34(16-17-35(24)26)28(36)22-9-11-23(12-10-22)29(30,31)32/h9-14,24,26H,3-8,16-19H2,1-2H3. The van der Waals surface area contributed by atoms with Crippen molar-refractivity contribution in [2.45, 2.75) is 70.6 Å². The molecule has 0 bridgehead atoms. The van der Waals surface area contributed by atoms with Crippen LogP contribution in [0.25, 0.3) is 0 Å². The molecule has 0 spiro atoms. The number of benzene rings is 2. The molecule has 37 heavy (non-hydrogen) atoms. The molecule has 2 heterocycles. The molecule has 198 valence electrons. The van der Waals surface area contributed by atoms with Crippen LogP contribution in [0.15, 0.2) is 36.4 Å². The van der Waals surface area contributed by atoms with E-state index in [0.29, 0.717) is 31.7 Å². The van der Waals surface area contributed by atoms with Gasteiger partial charge in [-0.1, -0.05) is 6.07 Å². The molecule has 4 rings (SSSR count). The Bertz CT molecular complexity index is 1140. The lowest BCUT2D eigenvalue weighted by Gasteiger charge is -2.49. The number of halogens is 3. The van der Waals surface area contributed by atoms with Crippen molar-refractivity contribution < 1.29 is 22.7 Å². The molecular formula is C29H34F3N3O2. The van der Waals surface area contributed by atoms with E-state index in [1.165, 1.54) is 23.3 Å². The number of nitriles is 1. The summed E-state index contributed by atoms with van der Waals surface area (Å²) in [5.74, 6) is 0.677. The lowest BCUT2D eigenvalue weighted by atomic mass is 9.86. The molecule has 0 aromatic heterocycles. The van der Waals surface area contributed by atoms with Crippen LogP contribution >= 0.6 is 0 Å². The van der Waals surface area contributed by atoms with E-state index < -0.39 is 11.7 Å². The quantitative estimate of drug-likeness (QED) is 0.400. The molecular weight excluding hydrogens is 479 g/mol. The van der Waals surface area contributed by atoms with Crippen LogP contribution in [0.2, 0.25) is 0 Å². The van der Waals surface area contributed by atoms with Crippen molar-refractivity contribution in [1.82, 2.24) is 9.80 Å². The van der Waals surface area contributed by atoms with Crippen LogP contribution in [0.4, 0.5) is 13.2 Å². The fourth-order valence-electron chi connectivity index (χ4n) is 5.57. The second-order valence-electron chi connectivity index (χ2n) is 10.0. The fraction of sp³-hybridized carbons (Fsp3) is 0.517. The van der Waals surface area contributed by atoms with Gasteiger partial charge >= 0.3 is 6.18 Å². The molecule has 2 aromatic carbocycles.